The maximum atomic E-state index is 13.2. The summed E-state index contributed by atoms with van der Waals surface area (Å²) in [5.41, 5.74) is 5.64. The molecular formula is C16H24N2O3S. The third kappa shape index (κ3) is 2.01. The topological polar surface area (TPSA) is 89.3 Å². The van der Waals surface area contributed by atoms with E-state index >= 15 is 0 Å². The molecule has 0 aromatic heterocycles. The molecule has 0 aliphatic heterocycles. The Morgan fingerprint density at radius 1 is 1.18 bits per heavy atom. The molecule has 1 aliphatic rings. The van der Waals surface area contributed by atoms with E-state index in [1.54, 1.807) is 24.3 Å². The van der Waals surface area contributed by atoms with Gasteiger partial charge < -0.3 is 11.1 Å². The summed E-state index contributed by atoms with van der Waals surface area (Å²) in [6.45, 7) is 8.17. The molecule has 0 radical (unpaired) electrons. The highest BCUT2D eigenvalue weighted by Gasteiger charge is 2.71. The van der Waals surface area contributed by atoms with Gasteiger partial charge in [0.2, 0.25) is 16.2 Å². The largest absolute Gasteiger partial charge is 0.339 e. The average Bonchev–Trinajstić information content (AvgIpc) is 2.46. The first-order chi connectivity index (χ1) is 10.1. The zero-order chi connectivity index (χ0) is 16.8. The third-order valence-electron chi connectivity index (χ3n) is 5.61. The average molecular weight is 324 g/mol. The van der Waals surface area contributed by atoms with Gasteiger partial charge in [-0.05, 0) is 29.5 Å². The van der Waals surface area contributed by atoms with E-state index < -0.39 is 20.1 Å². The summed E-state index contributed by atoms with van der Waals surface area (Å²) in [6, 6.07) is 6.54. The van der Waals surface area contributed by atoms with E-state index in [1.807, 2.05) is 27.7 Å². The van der Waals surface area contributed by atoms with Crippen molar-refractivity contribution in [3.8, 4) is 0 Å². The summed E-state index contributed by atoms with van der Waals surface area (Å²) in [4.78, 5) is 10.0. The van der Waals surface area contributed by atoms with Crippen molar-refractivity contribution >= 4 is 16.2 Å². The summed E-state index contributed by atoms with van der Waals surface area (Å²) >= 11 is 0. The summed E-state index contributed by atoms with van der Waals surface area (Å²) in [5.74, 6) is 0. The molecule has 2 rings (SSSR count). The molecule has 5 nitrogen and oxygen atoms in total. The van der Waals surface area contributed by atoms with Crippen LogP contribution in [0, 0.1) is 10.8 Å². The number of hydrogen-bond acceptors (Lipinski definition) is 4. The van der Waals surface area contributed by atoms with E-state index in [4.69, 9.17) is 5.73 Å². The van der Waals surface area contributed by atoms with Gasteiger partial charge in [-0.2, -0.15) is 0 Å². The fourth-order valence-electron chi connectivity index (χ4n) is 3.35. The van der Waals surface area contributed by atoms with Crippen LogP contribution in [0.3, 0.4) is 0 Å². The monoisotopic (exact) mass is 324 g/mol. The molecule has 1 atom stereocenters. The molecule has 1 aliphatic carbocycles. The van der Waals surface area contributed by atoms with E-state index in [0.717, 1.165) is 5.56 Å². The Kier molecular flexibility index (Phi) is 3.90. The predicted molar refractivity (Wildman–Crippen MR) is 85.6 cm³/mol. The molecule has 1 fully saturated rings. The molecule has 0 spiro atoms. The van der Waals surface area contributed by atoms with Crippen LogP contribution in [0.2, 0.25) is 0 Å². The Morgan fingerprint density at radius 2 is 1.73 bits per heavy atom. The number of carbonyl (C=O) groups excluding carboxylic acids is 1. The van der Waals surface area contributed by atoms with Gasteiger partial charge in [0.25, 0.3) is 0 Å². The molecule has 1 aromatic rings. The van der Waals surface area contributed by atoms with Crippen LogP contribution in [0.1, 0.15) is 39.7 Å². The normalized spacial score (nSPS) is 26.0. The second-order valence-electron chi connectivity index (χ2n) is 7.13. The quantitative estimate of drug-likeness (QED) is 0.809. The van der Waals surface area contributed by atoms with Crippen molar-refractivity contribution in [1.82, 2.24) is 5.32 Å². The maximum Gasteiger partial charge on any atom is 0.208 e. The number of nitrogens with two attached hydrogens (primary N) is 1. The van der Waals surface area contributed by atoms with Crippen molar-refractivity contribution < 1.29 is 13.2 Å². The van der Waals surface area contributed by atoms with Crippen LogP contribution in [0.5, 0.6) is 0 Å². The van der Waals surface area contributed by atoms with Gasteiger partial charge in [-0.3, -0.25) is 4.79 Å². The fraction of sp³-hybridized carbons (Fsp3) is 0.562. The van der Waals surface area contributed by atoms with E-state index in [2.05, 4.69) is 5.32 Å². The molecular weight excluding hydrogens is 300 g/mol. The number of sulfone groups is 1. The molecule has 1 saturated carbocycles. The fourth-order valence-corrected chi connectivity index (χ4v) is 5.94. The number of nitrogens with one attached hydrogen (secondary N) is 1. The van der Waals surface area contributed by atoms with Crippen molar-refractivity contribution in [2.45, 2.75) is 50.4 Å². The van der Waals surface area contributed by atoms with E-state index in [-0.39, 0.29) is 10.3 Å². The molecule has 0 heterocycles. The van der Waals surface area contributed by atoms with Gasteiger partial charge in [-0.1, -0.05) is 39.8 Å². The van der Waals surface area contributed by atoms with Gasteiger partial charge >= 0.3 is 0 Å². The number of amides is 1. The van der Waals surface area contributed by atoms with Crippen molar-refractivity contribution in [2.24, 2.45) is 16.6 Å². The first-order valence-corrected chi connectivity index (χ1v) is 8.79. The van der Waals surface area contributed by atoms with Crippen molar-refractivity contribution in [3.63, 3.8) is 0 Å². The minimum atomic E-state index is -3.71. The van der Waals surface area contributed by atoms with Crippen LogP contribution in [-0.4, -0.2) is 19.7 Å². The zero-order valence-electron chi connectivity index (χ0n) is 13.5. The Labute approximate surface area is 132 Å². The molecule has 122 valence electrons. The smallest absolute Gasteiger partial charge is 0.208 e. The van der Waals surface area contributed by atoms with E-state index in [0.29, 0.717) is 19.4 Å². The van der Waals surface area contributed by atoms with Crippen molar-refractivity contribution in [2.75, 3.05) is 0 Å². The van der Waals surface area contributed by atoms with Crippen molar-refractivity contribution in [3.05, 3.63) is 29.8 Å². The molecule has 3 N–H and O–H groups in total. The minimum Gasteiger partial charge on any atom is -0.339 e. The van der Waals surface area contributed by atoms with Gasteiger partial charge in [0.15, 0.2) is 4.87 Å². The molecule has 1 aromatic carbocycles. The van der Waals surface area contributed by atoms with Crippen molar-refractivity contribution in [1.29, 1.82) is 0 Å². The molecule has 0 saturated heterocycles. The number of rotatable bonds is 5. The molecule has 6 heteroatoms. The Bertz CT molecular complexity index is 678. The lowest BCUT2D eigenvalue weighted by atomic mass is 9.49. The van der Waals surface area contributed by atoms with Crippen LogP contribution >= 0.6 is 0 Å². The number of benzene rings is 1. The number of hydrogen-bond donors (Lipinski definition) is 2. The summed E-state index contributed by atoms with van der Waals surface area (Å²) in [6.07, 6.45) is 0.871. The van der Waals surface area contributed by atoms with Crippen LogP contribution in [0.15, 0.2) is 29.2 Å². The third-order valence-corrected chi connectivity index (χ3v) is 8.20. The van der Waals surface area contributed by atoms with Gasteiger partial charge in [0, 0.05) is 12.0 Å². The SMILES string of the molecule is CC1(C)CC(NC=O)(S(=O)(=O)c2ccc(CN)cc2)C1(C)C. The van der Waals surface area contributed by atoms with Crippen LogP contribution in [-0.2, 0) is 21.2 Å². The summed E-state index contributed by atoms with van der Waals surface area (Å²) < 4.78 is 26.4. The summed E-state index contributed by atoms with van der Waals surface area (Å²) in [7, 11) is -3.71. The van der Waals surface area contributed by atoms with Gasteiger partial charge in [0.1, 0.15) is 0 Å². The Morgan fingerprint density at radius 3 is 2.09 bits per heavy atom. The van der Waals surface area contributed by atoms with Crippen LogP contribution < -0.4 is 11.1 Å². The first kappa shape index (κ1) is 17.0. The van der Waals surface area contributed by atoms with E-state index in [9.17, 15) is 13.2 Å². The highest BCUT2D eigenvalue weighted by Crippen LogP contribution is 2.65. The lowest BCUT2D eigenvalue weighted by Crippen LogP contribution is -2.75. The second kappa shape index (κ2) is 5.06. The zero-order valence-corrected chi connectivity index (χ0v) is 14.3. The van der Waals surface area contributed by atoms with Crippen LogP contribution in [0.25, 0.3) is 0 Å². The summed E-state index contributed by atoms with van der Waals surface area (Å²) in [5, 5.41) is 2.62. The highest BCUT2D eigenvalue weighted by atomic mass is 32.2. The Balaban J connectivity index is 2.55. The molecule has 22 heavy (non-hydrogen) atoms. The molecule has 1 unspecified atom stereocenters. The first-order valence-electron chi connectivity index (χ1n) is 7.31. The number of carbonyl (C=O) groups is 1. The highest BCUT2D eigenvalue weighted by molar-refractivity contribution is 7.93. The van der Waals surface area contributed by atoms with Gasteiger partial charge in [0.05, 0.1) is 4.90 Å². The van der Waals surface area contributed by atoms with Crippen LogP contribution in [0.4, 0.5) is 0 Å². The standard InChI is InChI=1S/C16H24N2O3S/c1-14(2)10-16(18-11-19,15(14,3)4)22(20,21)13-7-5-12(9-17)6-8-13/h5-8,11H,9-10,17H2,1-4H3,(H,18,19). The molecule has 1 amide bonds. The van der Waals surface area contributed by atoms with Gasteiger partial charge in [-0.25, -0.2) is 8.42 Å². The lowest BCUT2D eigenvalue weighted by Gasteiger charge is -2.65. The lowest BCUT2D eigenvalue weighted by molar-refractivity contribution is -0.123. The molecule has 0 bridgehead atoms. The van der Waals surface area contributed by atoms with E-state index in [1.165, 1.54) is 0 Å². The Hall–Kier alpha value is -1.40. The minimum absolute atomic E-state index is 0.187. The second-order valence-corrected chi connectivity index (χ2v) is 9.30. The maximum absolute atomic E-state index is 13.2. The van der Waals surface area contributed by atoms with Gasteiger partial charge in [-0.15, -0.1) is 0 Å². The predicted octanol–water partition coefficient (Wildman–Crippen LogP) is 1.82.